The van der Waals surface area contributed by atoms with E-state index in [1.54, 1.807) is 0 Å². The van der Waals surface area contributed by atoms with E-state index in [-0.39, 0.29) is 6.79 Å². The topological polar surface area (TPSA) is 42.5 Å². The van der Waals surface area contributed by atoms with Gasteiger partial charge >= 0.3 is 0 Å². The van der Waals surface area contributed by atoms with Crippen LogP contribution < -0.4 is 20.1 Å². The van der Waals surface area contributed by atoms with Crippen LogP contribution in [0.5, 0.6) is 11.5 Å². The lowest BCUT2D eigenvalue weighted by molar-refractivity contribution is 0.174. The second kappa shape index (κ2) is 5.78. The molecule has 5 heteroatoms. The number of fused-ring (bicyclic) bond motifs is 2. The third kappa shape index (κ3) is 2.78. The Morgan fingerprint density at radius 2 is 1.70 bits per heavy atom. The van der Waals surface area contributed by atoms with Gasteiger partial charge in [0.15, 0.2) is 16.6 Å². The molecule has 114 valence electrons. The molecule has 0 saturated heterocycles. The van der Waals surface area contributed by atoms with E-state index < -0.39 is 0 Å². The van der Waals surface area contributed by atoms with Crippen LogP contribution in [0.4, 0.5) is 11.4 Å². The van der Waals surface area contributed by atoms with Gasteiger partial charge in [0.25, 0.3) is 0 Å². The summed E-state index contributed by atoms with van der Waals surface area (Å²) in [5.41, 5.74) is 1.83. The normalized spacial score (nSPS) is 12.2. The van der Waals surface area contributed by atoms with Crippen molar-refractivity contribution in [2.45, 2.75) is 0 Å². The average molecular weight is 322 g/mol. The molecule has 0 aromatic heterocycles. The Kier molecular flexibility index (Phi) is 3.48. The van der Waals surface area contributed by atoms with Gasteiger partial charge in [-0.2, -0.15) is 0 Å². The van der Waals surface area contributed by atoms with Gasteiger partial charge in [-0.25, -0.2) is 0 Å². The van der Waals surface area contributed by atoms with Crippen molar-refractivity contribution in [2.75, 3.05) is 17.4 Å². The molecule has 0 atom stereocenters. The zero-order chi connectivity index (χ0) is 15.6. The predicted molar refractivity (Wildman–Crippen MR) is 96.4 cm³/mol. The molecule has 0 aliphatic carbocycles. The van der Waals surface area contributed by atoms with Crippen molar-refractivity contribution in [1.82, 2.24) is 0 Å². The Balaban J connectivity index is 1.53. The number of benzene rings is 3. The van der Waals surface area contributed by atoms with E-state index in [1.165, 1.54) is 5.39 Å². The number of rotatable bonds is 2. The summed E-state index contributed by atoms with van der Waals surface area (Å²) < 4.78 is 10.7. The molecule has 0 unspecified atom stereocenters. The molecule has 2 N–H and O–H groups in total. The average Bonchev–Trinajstić information content (AvgIpc) is 3.03. The molecular weight excluding hydrogens is 308 g/mol. The van der Waals surface area contributed by atoms with Crippen molar-refractivity contribution in [3.63, 3.8) is 0 Å². The van der Waals surface area contributed by atoms with Gasteiger partial charge in [0.2, 0.25) is 6.79 Å². The van der Waals surface area contributed by atoms with Crippen molar-refractivity contribution in [3.05, 3.63) is 60.7 Å². The van der Waals surface area contributed by atoms with Gasteiger partial charge < -0.3 is 20.1 Å². The fraction of sp³-hybridized carbons (Fsp3) is 0.0556. The molecule has 23 heavy (non-hydrogen) atoms. The third-order valence-electron chi connectivity index (χ3n) is 3.67. The summed E-state index contributed by atoms with van der Waals surface area (Å²) >= 11 is 5.41. The molecule has 0 radical (unpaired) electrons. The first kappa shape index (κ1) is 13.8. The Bertz CT molecular complexity index is 890. The first-order valence-corrected chi connectivity index (χ1v) is 7.66. The second-order valence-corrected chi connectivity index (χ2v) is 5.58. The fourth-order valence-corrected chi connectivity index (χ4v) is 2.82. The maximum Gasteiger partial charge on any atom is 0.231 e. The Morgan fingerprint density at radius 1 is 0.870 bits per heavy atom. The van der Waals surface area contributed by atoms with Gasteiger partial charge in [-0.05, 0) is 35.8 Å². The highest BCUT2D eigenvalue weighted by Gasteiger charge is 2.13. The van der Waals surface area contributed by atoms with E-state index in [2.05, 4.69) is 28.8 Å². The lowest BCUT2D eigenvalue weighted by Gasteiger charge is -2.13. The summed E-state index contributed by atoms with van der Waals surface area (Å²) in [6.07, 6.45) is 0. The van der Waals surface area contributed by atoms with Crippen molar-refractivity contribution >= 4 is 39.5 Å². The lowest BCUT2D eigenvalue weighted by Crippen LogP contribution is -2.19. The highest BCUT2D eigenvalue weighted by Crippen LogP contribution is 2.34. The van der Waals surface area contributed by atoms with Crippen LogP contribution in [0.2, 0.25) is 0 Å². The quantitative estimate of drug-likeness (QED) is 0.686. The molecule has 4 rings (SSSR count). The van der Waals surface area contributed by atoms with Crippen molar-refractivity contribution < 1.29 is 9.47 Å². The van der Waals surface area contributed by atoms with Crippen LogP contribution in [0.15, 0.2) is 60.7 Å². The minimum atomic E-state index is 0.261. The second-order valence-electron chi connectivity index (χ2n) is 5.17. The maximum absolute atomic E-state index is 5.41. The van der Waals surface area contributed by atoms with E-state index in [0.29, 0.717) is 5.11 Å². The maximum atomic E-state index is 5.41. The van der Waals surface area contributed by atoms with Crippen molar-refractivity contribution in [3.8, 4) is 11.5 Å². The van der Waals surface area contributed by atoms with E-state index in [4.69, 9.17) is 21.7 Å². The number of thiocarbonyl (C=S) groups is 1. The van der Waals surface area contributed by atoms with E-state index >= 15 is 0 Å². The highest BCUT2D eigenvalue weighted by molar-refractivity contribution is 7.80. The molecule has 0 bridgehead atoms. The number of hydrogen-bond acceptors (Lipinski definition) is 3. The van der Waals surface area contributed by atoms with Crippen LogP contribution in [0.3, 0.4) is 0 Å². The summed E-state index contributed by atoms with van der Waals surface area (Å²) in [5.74, 6) is 1.48. The third-order valence-corrected chi connectivity index (χ3v) is 3.87. The Morgan fingerprint density at radius 3 is 2.65 bits per heavy atom. The van der Waals surface area contributed by atoms with E-state index in [9.17, 15) is 0 Å². The molecule has 0 saturated carbocycles. The molecule has 1 heterocycles. The zero-order valence-corrected chi connectivity index (χ0v) is 13.0. The molecular formula is C18H14N2O2S. The van der Waals surface area contributed by atoms with E-state index in [0.717, 1.165) is 28.3 Å². The summed E-state index contributed by atoms with van der Waals surface area (Å²) in [6, 6.07) is 19.9. The first-order valence-electron chi connectivity index (χ1n) is 7.25. The molecule has 1 aliphatic rings. The Hall–Kier alpha value is -2.79. The molecule has 0 fully saturated rings. The monoisotopic (exact) mass is 322 g/mol. The van der Waals surface area contributed by atoms with Crippen LogP contribution in [0, 0.1) is 0 Å². The molecule has 3 aromatic rings. The number of anilines is 2. The highest BCUT2D eigenvalue weighted by atomic mass is 32.1. The Labute approximate surface area is 139 Å². The van der Waals surface area contributed by atoms with Crippen LogP contribution >= 0.6 is 12.2 Å². The van der Waals surface area contributed by atoms with Crippen LogP contribution in [-0.2, 0) is 0 Å². The summed E-state index contributed by atoms with van der Waals surface area (Å²) in [6.45, 7) is 0.261. The van der Waals surface area contributed by atoms with Gasteiger partial charge in [-0.15, -0.1) is 0 Å². The summed E-state index contributed by atoms with van der Waals surface area (Å²) in [7, 11) is 0. The number of nitrogens with one attached hydrogen (secondary N) is 2. The smallest absolute Gasteiger partial charge is 0.231 e. The molecule has 3 aromatic carbocycles. The largest absolute Gasteiger partial charge is 0.454 e. The predicted octanol–water partition coefficient (Wildman–Crippen LogP) is 4.38. The lowest BCUT2D eigenvalue weighted by atomic mass is 10.1. The minimum absolute atomic E-state index is 0.261. The molecule has 1 aliphatic heterocycles. The van der Waals surface area contributed by atoms with Gasteiger partial charge in [-0.1, -0.05) is 36.4 Å². The fourth-order valence-electron chi connectivity index (χ4n) is 2.59. The van der Waals surface area contributed by atoms with Gasteiger partial charge in [0, 0.05) is 22.8 Å². The number of ether oxygens (including phenoxy) is 2. The zero-order valence-electron chi connectivity index (χ0n) is 12.2. The van der Waals surface area contributed by atoms with Gasteiger partial charge in [0.1, 0.15) is 0 Å². The summed E-state index contributed by atoms with van der Waals surface area (Å²) in [5, 5.41) is 9.25. The van der Waals surface area contributed by atoms with Gasteiger partial charge in [0.05, 0.1) is 0 Å². The molecule has 0 amide bonds. The van der Waals surface area contributed by atoms with Crippen molar-refractivity contribution in [2.24, 2.45) is 0 Å². The van der Waals surface area contributed by atoms with Crippen LogP contribution in [0.25, 0.3) is 10.8 Å². The standard InChI is InChI=1S/C18H14N2O2S/c23-18(19-13-8-9-16-17(10-13)22-11-21-16)20-15-7-3-5-12-4-1-2-6-14(12)15/h1-10H,11H2,(H2,19,20,23). The van der Waals surface area contributed by atoms with Crippen LogP contribution in [0.1, 0.15) is 0 Å². The van der Waals surface area contributed by atoms with E-state index in [1.807, 2.05) is 42.5 Å². The van der Waals surface area contributed by atoms with Crippen molar-refractivity contribution in [1.29, 1.82) is 0 Å². The molecule has 4 nitrogen and oxygen atoms in total. The minimum Gasteiger partial charge on any atom is -0.454 e. The SMILES string of the molecule is S=C(Nc1ccc2c(c1)OCO2)Nc1cccc2ccccc12. The molecule has 0 spiro atoms. The van der Waals surface area contributed by atoms with Gasteiger partial charge in [-0.3, -0.25) is 0 Å². The van der Waals surface area contributed by atoms with Crippen LogP contribution in [-0.4, -0.2) is 11.9 Å². The number of hydrogen-bond donors (Lipinski definition) is 2. The first-order chi connectivity index (χ1) is 11.3. The summed E-state index contributed by atoms with van der Waals surface area (Å²) in [4.78, 5) is 0.